The Morgan fingerprint density at radius 2 is 0.570 bits per heavy atom. The molecular formula is C110H182F6N2Ni4O2P4+2. The number of aliphatic hydroxyl groups is 2. The van der Waals surface area contributed by atoms with Crippen LogP contribution in [0.3, 0.4) is 0 Å². The molecule has 18 heteroatoms. The van der Waals surface area contributed by atoms with E-state index in [2.05, 4.69) is 367 Å². The van der Waals surface area contributed by atoms with E-state index < -0.39 is 71.7 Å². The predicted octanol–water partition coefficient (Wildman–Crippen LogP) is 37.5. The molecule has 4 nitrogen and oxygen atoms in total. The first-order chi connectivity index (χ1) is 54.8. The van der Waals surface area contributed by atoms with Gasteiger partial charge in [-0.15, -0.1) is 11.4 Å². The van der Waals surface area contributed by atoms with Gasteiger partial charge < -0.3 is 50.6 Å². The number of hydrogen-bond donors (Lipinski definition) is 2. The normalized spacial score (nSPS) is 12.4. The third kappa shape index (κ3) is 44.5. The fourth-order valence-electron chi connectivity index (χ4n) is 16.4. The van der Waals surface area contributed by atoms with Crippen LogP contribution >= 0.6 is 31.7 Å². The first-order valence-corrected chi connectivity index (χ1v) is 51.4. The van der Waals surface area contributed by atoms with E-state index in [0.29, 0.717) is 22.1 Å². The van der Waals surface area contributed by atoms with Crippen molar-refractivity contribution in [2.45, 2.75) is 378 Å². The SMILES string of the molecule is CC(C)(C)[PH+](CC(O)(C(F)(F)F)C(F)(F)F)C(C)(C)C.CC(C)(C)[PH+](CC(O)(c1ccccc1)c1ccccc1)C(C)(C)C.CC(C)c1cccc(C(C)C)c1[N-]C(C[PH+](C(C)(C)C)C(C)(C)C)c1c2ccccc2cc2ccccc12.CCC.CCC.CCC.CCC.Cc1cccc(C)c1[N-]C(C[PH+](C(C)(C)C)C(C)(C)C)c1ccccc1.[CH3-].[CH3-].[CH3-].[CH3-].[Ni+2].[Ni+2].[Ni].[Ni]. The molecule has 8 aromatic rings. The Morgan fingerprint density at radius 3 is 0.852 bits per heavy atom. The standard InChI is InChI=1S/C36H47NP.C24H35NP.C22H31OP.C12H21F6OP.4C3H8.4CH3.4Ni/c1-24(2)28-20-15-21-29(25(3)4)34(28)37-32(23-38(35(5,6)7)36(8,9)10)33-30-18-13-11-16-26(30)22-27-17-12-14-19-31(27)33;1-18-13-12-14-19(2)22(18)25-21(20-15-10-9-11-16-20)17-26(23(3,4)5)24(6,7)8;1-20(2,3)24(21(4,5)6)17-22(23,18-13-9-7-10-14-18)19-15-11-8-12-16-19;1-8(2,3)20(9(4,5)6)7-10(19,11(13,14)15)12(16,17)18;4*1-3-2;;;;;;;;/h11-22,24-25,32H,23H2,1-10H3;9-16,21H,17H2,1-8H3;7-16,23H,17H2,1-6H3;19H,7H2,1-6H3;4*3H2,1-2H3;4*1H3;;;;/q2*-1;;;;;;;4*-1;;;2*+2/p+4. The molecule has 744 valence electrons. The van der Waals surface area contributed by atoms with Crippen molar-refractivity contribution in [1.29, 1.82) is 0 Å². The third-order valence-corrected chi connectivity index (χ3v) is 38.8. The van der Waals surface area contributed by atoms with Crippen molar-refractivity contribution in [3.05, 3.63) is 267 Å². The molecule has 2 atom stereocenters. The first-order valence-electron chi connectivity index (χ1n) is 44.6. The topological polar surface area (TPSA) is 68.7 Å². The van der Waals surface area contributed by atoms with Crippen molar-refractivity contribution in [3.63, 3.8) is 0 Å². The molecule has 0 aliphatic heterocycles. The second-order valence-corrected chi connectivity index (χ2v) is 59.1. The number of fused-ring (bicyclic) bond motifs is 2. The molecular weight excluding hydrogens is 1850 g/mol. The van der Waals surface area contributed by atoms with Gasteiger partial charge in [0.2, 0.25) is 0 Å². The minimum absolute atomic E-state index is 0. The quantitative estimate of drug-likeness (QED) is 0.0296. The van der Waals surface area contributed by atoms with E-state index in [-0.39, 0.29) is 128 Å². The van der Waals surface area contributed by atoms with Gasteiger partial charge in [-0.1, -0.05) is 325 Å². The largest absolute Gasteiger partial charge is 2.00 e. The molecule has 2 N–H and O–H groups in total. The van der Waals surface area contributed by atoms with E-state index >= 15 is 0 Å². The second-order valence-electron chi connectivity index (χ2n) is 41.7. The summed E-state index contributed by atoms with van der Waals surface area (Å²) < 4.78 is 76.7. The number of halogens is 6. The van der Waals surface area contributed by atoms with E-state index in [0.717, 1.165) is 29.6 Å². The van der Waals surface area contributed by atoms with Crippen molar-refractivity contribution in [3.8, 4) is 0 Å². The third-order valence-electron chi connectivity index (χ3n) is 21.0. The fraction of sp³-hybridized carbons (Fsp3) is 0.564. The maximum Gasteiger partial charge on any atom is 2.00 e. The van der Waals surface area contributed by atoms with Crippen LogP contribution in [0.25, 0.3) is 32.2 Å². The van der Waals surface area contributed by atoms with E-state index in [9.17, 15) is 36.6 Å². The summed E-state index contributed by atoms with van der Waals surface area (Å²) in [6, 6.07) is 65.0. The Morgan fingerprint density at radius 1 is 0.320 bits per heavy atom. The van der Waals surface area contributed by atoms with Crippen LogP contribution in [0.5, 0.6) is 0 Å². The summed E-state index contributed by atoms with van der Waals surface area (Å²) in [4.78, 5) is 0. The van der Waals surface area contributed by atoms with E-state index in [1.165, 1.54) is 92.0 Å². The minimum Gasteiger partial charge on any atom is -0.675 e. The average molecular weight is 2040 g/mol. The van der Waals surface area contributed by atoms with Crippen LogP contribution in [-0.4, -0.2) is 94.1 Å². The van der Waals surface area contributed by atoms with Crippen molar-refractivity contribution in [2.24, 2.45) is 0 Å². The van der Waals surface area contributed by atoms with Crippen molar-refractivity contribution in [1.82, 2.24) is 0 Å². The smallest absolute Gasteiger partial charge is 0.675 e. The fourth-order valence-corrected chi connectivity index (χ4v) is 33.2. The predicted molar refractivity (Wildman–Crippen MR) is 563 cm³/mol. The zero-order valence-electron chi connectivity index (χ0n) is 87.6. The van der Waals surface area contributed by atoms with Crippen LogP contribution in [0.4, 0.5) is 37.7 Å². The van der Waals surface area contributed by atoms with E-state index in [1.807, 2.05) is 36.4 Å². The summed E-state index contributed by atoms with van der Waals surface area (Å²) in [5, 5.41) is 37.9. The van der Waals surface area contributed by atoms with Gasteiger partial charge in [-0.25, -0.2) is 0 Å². The first kappa shape index (κ1) is 140. The molecule has 0 aromatic heterocycles. The van der Waals surface area contributed by atoms with Crippen molar-refractivity contribution < 1.29 is 103 Å². The molecule has 8 rings (SSSR count). The number of rotatable bonds is 18. The summed E-state index contributed by atoms with van der Waals surface area (Å²) in [6.45, 7) is 83.3. The van der Waals surface area contributed by atoms with E-state index in [1.54, 1.807) is 41.5 Å². The van der Waals surface area contributed by atoms with Gasteiger partial charge >= 0.3 is 45.3 Å². The Bertz CT molecular complexity index is 3990. The van der Waals surface area contributed by atoms with Crippen molar-refractivity contribution in [2.75, 3.05) is 24.6 Å². The zero-order chi connectivity index (χ0) is 93.0. The van der Waals surface area contributed by atoms with Gasteiger partial charge in [-0.05, 0) is 236 Å². The second kappa shape index (κ2) is 61.3. The van der Waals surface area contributed by atoms with Crippen LogP contribution < -0.4 is 0 Å². The van der Waals surface area contributed by atoms with Gasteiger partial charge in [-0.3, -0.25) is 0 Å². The van der Waals surface area contributed by atoms with Gasteiger partial charge in [0.15, 0.2) is 0 Å². The monoisotopic (exact) mass is 2030 g/mol. The Labute approximate surface area is 829 Å². The summed E-state index contributed by atoms with van der Waals surface area (Å²) in [5.41, 5.74) is 6.82. The Hall–Kier alpha value is -2.93. The molecule has 128 heavy (non-hydrogen) atoms. The molecule has 2 unspecified atom stereocenters. The summed E-state index contributed by atoms with van der Waals surface area (Å²) >= 11 is 0. The molecule has 0 aliphatic carbocycles. The number of nitrogens with zero attached hydrogens (tertiary/aromatic N) is 2. The molecule has 8 aromatic carbocycles. The van der Waals surface area contributed by atoms with Crippen LogP contribution in [0.15, 0.2) is 182 Å². The Balaban J connectivity index is -0.000000240. The van der Waals surface area contributed by atoms with Crippen LogP contribution in [0, 0.1) is 43.6 Å². The molecule has 0 saturated carbocycles. The number of benzene rings is 8. The van der Waals surface area contributed by atoms with Gasteiger partial charge in [0.05, 0.1) is 47.4 Å². The number of aryl methyl sites for hydroxylation is 2. The molecule has 0 amide bonds. The van der Waals surface area contributed by atoms with Crippen LogP contribution in [-0.2, 0) is 71.6 Å². The van der Waals surface area contributed by atoms with Gasteiger partial charge in [0.25, 0.3) is 5.60 Å². The maximum absolute atomic E-state index is 12.8. The summed E-state index contributed by atoms with van der Waals surface area (Å²) in [6.07, 6.45) is -4.71. The summed E-state index contributed by atoms with van der Waals surface area (Å²) in [7, 11) is -4.56. The average Bonchev–Trinajstić information content (AvgIpc) is 0.761. The van der Waals surface area contributed by atoms with Gasteiger partial charge in [-0.2, -0.15) is 26.3 Å². The molecule has 0 aliphatic rings. The Kier molecular flexibility index (Phi) is 67.3. The molecule has 0 heterocycles. The van der Waals surface area contributed by atoms with Crippen molar-refractivity contribution >= 4 is 64.6 Å². The molecule has 0 spiro atoms. The number of hydrogen-bond acceptors (Lipinski definition) is 2. The molecule has 0 radical (unpaired) electrons. The molecule has 0 fully saturated rings. The van der Waals surface area contributed by atoms with Crippen LogP contribution in [0.2, 0.25) is 0 Å². The molecule has 0 bridgehead atoms. The summed E-state index contributed by atoms with van der Waals surface area (Å²) in [5.74, 6) is 0.847. The van der Waals surface area contributed by atoms with Gasteiger partial charge in [0, 0.05) is 77.0 Å². The van der Waals surface area contributed by atoms with Gasteiger partial charge in [0.1, 0.15) is 11.8 Å². The molecule has 0 saturated heterocycles. The maximum atomic E-state index is 12.8. The number of para-hydroxylation sites is 2. The minimum atomic E-state index is -5.74. The zero-order valence-corrected chi connectivity index (χ0v) is 95.6. The number of alkyl halides is 6. The van der Waals surface area contributed by atoms with E-state index in [4.69, 9.17) is 10.6 Å². The van der Waals surface area contributed by atoms with Crippen LogP contribution in [0.1, 0.15) is 343 Å².